The van der Waals surface area contributed by atoms with Crippen molar-refractivity contribution in [2.45, 2.75) is 19.1 Å². The number of anilines is 1. The van der Waals surface area contributed by atoms with E-state index in [0.29, 0.717) is 50.0 Å². The Morgan fingerprint density at radius 1 is 1.03 bits per heavy atom. The summed E-state index contributed by atoms with van der Waals surface area (Å²) in [4.78, 5) is 21.7. The molecular weight excluding hydrogens is 549 g/mol. The molecule has 11 heteroatoms. The summed E-state index contributed by atoms with van der Waals surface area (Å²) in [6.07, 6.45) is 4.49. The van der Waals surface area contributed by atoms with Gasteiger partial charge in [0, 0.05) is 29.6 Å². The Labute approximate surface area is 234 Å². The molecule has 4 aromatic rings. The quantitative estimate of drug-likeness (QED) is 0.218. The molecule has 0 amide bonds. The molecule has 8 nitrogen and oxygen atoms in total. The number of aromatic nitrogens is 2. The molecule has 0 fully saturated rings. The van der Waals surface area contributed by atoms with E-state index >= 15 is 0 Å². The van der Waals surface area contributed by atoms with E-state index in [0.717, 1.165) is 10.6 Å². The third-order valence-corrected chi connectivity index (χ3v) is 7.44. The van der Waals surface area contributed by atoms with Crippen molar-refractivity contribution < 1.29 is 28.7 Å². The monoisotopic (exact) mass is 574 g/mol. The molecule has 3 aromatic heterocycles. The van der Waals surface area contributed by atoms with E-state index in [-0.39, 0.29) is 6.42 Å². The molecule has 38 heavy (non-hydrogen) atoms. The lowest BCUT2D eigenvalue weighted by molar-refractivity contribution is -0.377. The van der Waals surface area contributed by atoms with Crippen LogP contribution in [0.4, 0.5) is 5.69 Å². The van der Waals surface area contributed by atoms with Crippen LogP contribution in [0.25, 0.3) is 0 Å². The van der Waals surface area contributed by atoms with Crippen molar-refractivity contribution in [3.05, 3.63) is 92.0 Å². The zero-order valence-corrected chi connectivity index (χ0v) is 23.2. The molecule has 198 valence electrons. The number of thiophene rings is 1. The highest BCUT2D eigenvalue weighted by atomic mass is 35.5. The lowest BCUT2D eigenvalue weighted by Gasteiger charge is -2.20. The van der Waals surface area contributed by atoms with Crippen LogP contribution in [0, 0.1) is 0 Å². The topological polar surface area (TPSA) is 93.1 Å². The van der Waals surface area contributed by atoms with Crippen LogP contribution in [-0.4, -0.2) is 32.3 Å². The van der Waals surface area contributed by atoms with Gasteiger partial charge in [0.1, 0.15) is 21.0 Å². The second kappa shape index (κ2) is 12.8. The van der Waals surface area contributed by atoms with Gasteiger partial charge in [0.05, 0.1) is 27.0 Å². The minimum atomic E-state index is -0.692. The van der Waals surface area contributed by atoms with Crippen LogP contribution < -0.4 is 24.5 Å². The highest BCUT2D eigenvalue weighted by Crippen LogP contribution is 2.35. The molecule has 0 radical (unpaired) electrons. The SMILES string of the molecule is COc1ccc([C@H](Cc2c(Cl)c[nH+]cc2Cl)OC(=O)c2ccc(CNc3cccnc3OC)s2)cc1OC. The van der Waals surface area contributed by atoms with E-state index in [9.17, 15) is 4.79 Å². The van der Waals surface area contributed by atoms with Gasteiger partial charge in [-0.2, -0.15) is 0 Å². The summed E-state index contributed by atoms with van der Waals surface area (Å²) < 4.78 is 22.1. The largest absolute Gasteiger partial charge is 0.493 e. The number of nitrogens with zero attached hydrogens (tertiary/aromatic N) is 1. The van der Waals surface area contributed by atoms with Gasteiger partial charge >= 0.3 is 5.97 Å². The summed E-state index contributed by atoms with van der Waals surface area (Å²) in [5.74, 6) is 1.11. The molecule has 3 heterocycles. The molecule has 1 atom stereocenters. The van der Waals surface area contributed by atoms with Crippen molar-refractivity contribution in [3.8, 4) is 17.4 Å². The molecule has 0 saturated heterocycles. The van der Waals surface area contributed by atoms with Gasteiger partial charge in [0.25, 0.3) is 0 Å². The van der Waals surface area contributed by atoms with Crippen LogP contribution in [0.3, 0.4) is 0 Å². The third-order valence-electron chi connectivity index (χ3n) is 5.70. The number of pyridine rings is 2. The number of methoxy groups -OCH3 is 3. The number of carbonyl (C=O) groups is 1. The maximum Gasteiger partial charge on any atom is 0.348 e. The van der Waals surface area contributed by atoms with Crippen molar-refractivity contribution in [2.75, 3.05) is 26.6 Å². The molecule has 1 aromatic carbocycles. The Balaban J connectivity index is 1.55. The van der Waals surface area contributed by atoms with Gasteiger partial charge < -0.3 is 24.3 Å². The molecule has 0 bridgehead atoms. The molecule has 0 aliphatic heterocycles. The van der Waals surface area contributed by atoms with E-state index in [2.05, 4.69) is 15.3 Å². The Morgan fingerprint density at radius 3 is 2.50 bits per heavy atom. The van der Waals surface area contributed by atoms with Crippen LogP contribution in [0.2, 0.25) is 10.0 Å². The number of hydrogen-bond acceptors (Lipinski definition) is 8. The fourth-order valence-corrected chi connectivity index (χ4v) is 5.14. The maximum absolute atomic E-state index is 13.3. The summed E-state index contributed by atoms with van der Waals surface area (Å²) in [5, 5.41) is 4.16. The molecule has 0 unspecified atom stereocenters. The molecule has 0 aliphatic rings. The van der Waals surface area contributed by atoms with Crippen molar-refractivity contribution in [2.24, 2.45) is 0 Å². The number of esters is 1. The second-order valence-corrected chi connectivity index (χ2v) is 10.0. The minimum absolute atomic E-state index is 0.258. The molecule has 0 aliphatic carbocycles. The third kappa shape index (κ3) is 6.48. The first-order valence-corrected chi connectivity index (χ1v) is 13.1. The average molecular weight is 575 g/mol. The predicted octanol–water partition coefficient (Wildman–Crippen LogP) is 6.04. The van der Waals surface area contributed by atoms with Crippen LogP contribution in [-0.2, 0) is 17.7 Å². The van der Waals surface area contributed by atoms with Gasteiger partial charge in [-0.05, 0) is 42.0 Å². The van der Waals surface area contributed by atoms with Crippen molar-refractivity contribution >= 4 is 46.2 Å². The smallest absolute Gasteiger partial charge is 0.348 e. The minimum Gasteiger partial charge on any atom is -0.493 e. The average Bonchev–Trinajstić information content (AvgIpc) is 3.42. The van der Waals surface area contributed by atoms with E-state index < -0.39 is 12.1 Å². The maximum atomic E-state index is 13.3. The van der Waals surface area contributed by atoms with E-state index in [1.807, 2.05) is 24.3 Å². The summed E-state index contributed by atoms with van der Waals surface area (Å²) in [5.41, 5.74) is 2.12. The summed E-state index contributed by atoms with van der Waals surface area (Å²) >= 11 is 14.2. The van der Waals surface area contributed by atoms with Gasteiger partial charge in [-0.3, -0.25) is 0 Å². The fraction of sp³-hybridized carbons (Fsp3) is 0.222. The normalized spacial score (nSPS) is 11.5. The van der Waals surface area contributed by atoms with Gasteiger partial charge in [0.2, 0.25) is 5.88 Å². The lowest BCUT2D eigenvalue weighted by atomic mass is 10.0. The van der Waals surface area contributed by atoms with Gasteiger partial charge in [-0.1, -0.05) is 29.3 Å². The van der Waals surface area contributed by atoms with Crippen molar-refractivity contribution in [1.82, 2.24) is 4.98 Å². The Bertz CT molecular complexity index is 1390. The van der Waals surface area contributed by atoms with Crippen LogP contribution >= 0.6 is 34.5 Å². The number of ether oxygens (including phenoxy) is 4. The Kier molecular flexibility index (Phi) is 9.28. The first kappa shape index (κ1) is 27.5. The summed E-state index contributed by atoms with van der Waals surface area (Å²) in [6, 6.07) is 12.7. The first-order chi connectivity index (χ1) is 18.4. The molecule has 2 N–H and O–H groups in total. The van der Waals surface area contributed by atoms with Crippen molar-refractivity contribution in [3.63, 3.8) is 0 Å². The Morgan fingerprint density at radius 2 is 1.79 bits per heavy atom. The van der Waals surface area contributed by atoms with Gasteiger partial charge in [-0.25, -0.2) is 14.8 Å². The fourth-order valence-electron chi connectivity index (χ4n) is 3.78. The van der Waals surface area contributed by atoms with Gasteiger partial charge in [0.15, 0.2) is 23.9 Å². The standard InChI is InChI=1S/C27H25Cl2N3O5S/c1-34-22-8-6-16(11-24(22)35-2)23(12-18-19(28)14-30-15-20(18)29)37-27(33)25-9-7-17(38-25)13-32-21-5-4-10-31-26(21)36-3/h4-11,14-15,23,32H,12-13H2,1-3H3/p+1/t23-/m0/s1. The van der Waals surface area contributed by atoms with Crippen LogP contribution in [0.15, 0.2) is 61.1 Å². The number of aromatic amines is 1. The highest BCUT2D eigenvalue weighted by Gasteiger charge is 2.24. The van der Waals surface area contributed by atoms with Crippen LogP contribution in [0.5, 0.6) is 17.4 Å². The molecular formula is C27H26Cl2N3O5S+. The molecule has 0 saturated carbocycles. The Hall–Kier alpha value is -3.53. The van der Waals surface area contributed by atoms with E-state index in [1.165, 1.54) is 11.3 Å². The van der Waals surface area contributed by atoms with Gasteiger partial charge in [-0.15, -0.1) is 11.3 Å². The zero-order valence-electron chi connectivity index (χ0n) is 20.9. The number of carbonyl (C=O) groups excluding carboxylic acids is 1. The summed E-state index contributed by atoms with van der Waals surface area (Å²) in [6.45, 7) is 0.491. The van der Waals surface area contributed by atoms with Crippen molar-refractivity contribution in [1.29, 1.82) is 0 Å². The number of benzene rings is 1. The first-order valence-electron chi connectivity index (χ1n) is 11.5. The zero-order chi connectivity index (χ0) is 27.1. The number of hydrogen-bond donors (Lipinski definition) is 1. The number of rotatable bonds is 11. The van der Waals surface area contributed by atoms with E-state index in [1.54, 1.807) is 58.1 Å². The number of halogens is 2. The summed E-state index contributed by atoms with van der Waals surface area (Å²) in [7, 11) is 4.67. The predicted molar refractivity (Wildman–Crippen MR) is 147 cm³/mol. The second-order valence-electron chi connectivity index (χ2n) is 8.02. The molecule has 0 spiro atoms. The number of H-pyrrole nitrogens is 1. The molecule has 4 rings (SSSR count). The lowest BCUT2D eigenvalue weighted by Crippen LogP contribution is -2.15. The van der Waals surface area contributed by atoms with Crippen LogP contribution in [0.1, 0.15) is 31.8 Å². The van der Waals surface area contributed by atoms with E-state index in [4.69, 9.17) is 42.1 Å². The highest BCUT2D eigenvalue weighted by molar-refractivity contribution is 7.13. The number of nitrogens with one attached hydrogen (secondary N) is 2.